The molecule has 0 radical (unpaired) electrons. The zero-order valence-corrected chi connectivity index (χ0v) is 8.64. The zero-order valence-electron chi connectivity index (χ0n) is 8.64. The molecule has 0 saturated carbocycles. The Morgan fingerprint density at radius 1 is 1.33 bits per heavy atom. The molecule has 2 aliphatic rings. The van der Waals surface area contributed by atoms with E-state index in [1.807, 2.05) is 0 Å². The highest BCUT2D eigenvalue weighted by Gasteiger charge is 2.43. The second kappa shape index (κ2) is 2.73. The summed E-state index contributed by atoms with van der Waals surface area (Å²) in [7, 11) is 0. The highest BCUT2D eigenvalue weighted by Crippen LogP contribution is 2.39. The van der Waals surface area contributed by atoms with Crippen LogP contribution >= 0.6 is 0 Å². The van der Waals surface area contributed by atoms with Crippen LogP contribution in [0.5, 0.6) is 0 Å². The zero-order chi connectivity index (χ0) is 8.77. The second-order valence-electron chi connectivity index (χ2n) is 5.67. The molecule has 0 aromatic carbocycles. The lowest BCUT2D eigenvalue weighted by atomic mass is 9.78. The minimum Gasteiger partial charge on any atom is -0.297 e. The summed E-state index contributed by atoms with van der Waals surface area (Å²) >= 11 is 0. The third kappa shape index (κ3) is 1.52. The molecule has 2 unspecified atom stereocenters. The van der Waals surface area contributed by atoms with Gasteiger partial charge in [-0.3, -0.25) is 4.90 Å². The lowest BCUT2D eigenvalue weighted by Gasteiger charge is -2.57. The van der Waals surface area contributed by atoms with E-state index in [4.69, 9.17) is 0 Å². The first-order chi connectivity index (χ1) is 5.56. The number of rotatable bonds is 2. The van der Waals surface area contributed by atoms with Crippen molar-refractivity contribution < 1.29 is 0 Å². The van der Waals surface area contributed by atoms with E-state index >= 15 is 0 Å². The largest absolute Gasteiger partial charge is 0.297 e. The van der Waals surface area contributed by atoms with Gasteiger partial charge < -0.3 is 0 Å². The summed E-state index contributed by atoms with van der Waals surface area (Å²) in [5.41, 5.74) is 0.538. The molecule has 0 aromatic rings. The van der Waals surface area contributed by atoms with E-state index in [1.165, 1.54) is 32.2 Å². The molecule has 0 bridgehead atoms. The maximum atomic E-state index is 2.69. The summed E-state index contributed by atoms with van der Waals surface area (Å²) in [6, 6.07) is 1.97. The first kappa shape index (κ1) is 8.55. The van der Waals surface area contributed by atoms with E-state index in [0.717, 1.165) is 12.1 Å². The quantitative estimate of drug-likeness (QED) is 0.611. The van der Waals surface area contributed by atoms with Crippen LogP contribution in [0.15, 0.2) is 0 Å². The molecule has 2 aliphatic heterocycles. The summed E-state index contributed by atoms with van der Waals surface area (Å²) < 4.78 is 0. The summed E-state index contributed by atoms with van der Waals surface area (Å²) in [6.07, 6.45) is 5.79. The Morgan fingerprint density at radius 2 is 2.08 bits per heavy atom. The molecule has 0 N–H and O–H groups in total. The maximum absolute atomic E-state index is 2.69. The van der Waals surface area contributed by atoms with Gasteiger partial charge in [-0.25, -0.2) is 0 Å². The Morgan fingerprint density at radius 3 is 2.42 bits per heavy atom. The molecule has 2 atom stereocenters. The Balaban J connectivity index is 1.68. The Labute approximate surface area is 76.1 Å². The van der Waals surface area contributed by atoms with E-state index in [0.29, 0.717) is 5.41 Å². The maximum Gasteiger partial charge on any atom is 0.0125 e. The number of hydrogen-bond donors (Lipinski definition) is 0. The number of piperidine rings is 1. The van der Waals surface area contributed by atoms with Gasteiger partial charge in [-0.2, -0.15) is 0 Å². The topological polar surface area (TPSA) is 3.24 Å². The van der Waals surface area contributed by atoms with Crippen molar-refractivity contribution in [1.82, 2.24) is 4.90 Å². The molecule has 70 valence electrons. The van der Waals surface area contributed by atoms with Crippen molar-refractivity contribution in [3.63, 3.8) is 0 Å². The monoisotopic (exact) mass is 167 g/mol. The third-order valence-corrected chi connectivity index (χ3v) is 3.43. The standard InChI is InChI=1S/C11H21N/c1-11(2,3)6-4-9-8-10-5-7-12(9)10/h9-10H,4-8H2,1-3H3. The molecule has 2 fully saturated rings. The first-order valence-electron chi connectivity index (χ1n) is 5.32. The van der Waals surface area contributed by atoms with Crippen molar-refractivity contribution in [2.75, 3.05) is 6.54 Å². The van der Waals surface area contributed by atoms with Gasteiger partial charge in [0.1, 0.15) is 0 Å². The van der Waals surface area contributed by atoms with Crippen LogP contribution < -0.4 is 0 Å². The van der Waals surface area contributed by atoms with E-state index in [2.05, 4.69) is 25.7 Å². The molecule has 2 rings (SSSR count). The van der Waals surface area contributed by atoms with Crippen LogP contribution in [0.25, 0.3) is 0 Å². The first-order valence-corrected chi connectivity index (χ1v) is 5.32. The molecule has 2 heterocycles. The van der Waals surface area contributed by atoms with Crippen LogP contribution in [0.4, 0.5) is 0 Å². The van der Waals surface area contributed by atoms with Crippen molar-refractivity contribution in [2.45, 2.75) is 58.5 Å². The van der Waals surface area contributed by atoms with Gasteiger partial charge >= 0.3 is 0 Å². The van der Waals surface area contributed by atoms with Gasteiger partial charge in [0, 0.05) is 18.6 Å². The van der Waals surface area contributed by atoms with E-state index in [-0.39, 0.29) is 0 Å². The third-order valence-electron chi connectivity index (χ3n) is 3.43. The molecule has 0 amide bonds. The highest BCUT2D eigenvalue weighted by atomic mass is 15.3. The number of nitrogens with zero attached hydrogens (tertiary/aromatic N) is 1. The normalized spacial score (nSPS) is 35.2. The van der Waals surface area contributed by atoms with Crippen molar-refractivity contribution in [2.24, 2.45) is 5.41 Å². The molecule has 0 aromatic heterocycles. The summed E-state index contributed by atoms with van der Waals surface area (Å²) in [5.74, 6) is 0. The van der Waals surface area contributed by atoms with Gasteiger partial charge in [-0.05, 0) is 31.1 Å². The Hall–Kier alpha value is -0.0400. The molecular weight excluding hydrogens is 146 g/mol. The van der Waals surface area contributed by atoms with Crippen LogP contribution in [-0.4, -0.2) is 23.5 Å². The molecule has 1 heteroatoms. The minimum atomic E-state index is 0.538. The SMILES string of the molecule is CC(C)(C)CCC1CC2CCN21. The predicted molar refractivity (Wildman–Crippen MR) is 52.2 cm³/mol. The van der Waals surface area contributed by atoms with Gasteiger partial charge in [-0.15, -0.1) is 0 Å². The van der Waals surface area contributed by atoms with Crippen LogP contribution in [0, 0.1) is 5.41 Å². The summed E-state index contributed by atoms with van der Waals surface area (Å²) in [5, 5.41) is 0. The molecular formula is C11H21N. The van der Waals surface area contributed by atoms with E-state index < -0.39 is 0 Å². The fourth-order valence-electron chi connectivity index (χ4n) is 2.39. The number of fused-ring (bicyclic) bond motifs is 1. The average molecular weight is 167 g/mol. The average Bonchev–Trinajstić information content (AvgIpc) is 1.90. The van der Waals surface area contributed by atoms with Crippen molar-refractivity contribution in [3.8, 4) is 0 Å². The van der Waals surface area contributed by atoms with Crippen LogP contribution in [-0.2, 0) is 0 Å². The lowest BCUT2D eigenvalue weighted by molar-refractivity contribution is -0.0714. The van der Waals surface area contributed by atoms with Gasteiger partial charge in [0.15, 0.2) is 0 Å². The fraction of sp³-hybridized carbons (Fsp3) is 1.00. The Bertz CT molecular complexity index is 168. The van der Waals surface area contributed by atoms with Crippen LogP contribution in [0.1, 0.15) is 46.5 Å². The fourth-order valence-corrected chi connectivity index (χ4v) is 2.39. The van der Waals surface area contributed by atoms with Crippen molar-refractivity contribution in [1.29, 1.82) is 0 Å². The van der Waals surface area contributed by atoms with Crippen LogP contribution in [0.2, 0.25) is 0 Å². The minimum absolute atomic E-state index is 0.538. The van der Waals surface area contributed by atoms with Gasteiger partial charge in [0.2, 0.25) is 0 Å². The second-order valence-corrected chi connectivity index (χ2v) is 5.67. The Kier molecular flexibility index (Phi) is 1.95. The van der Waals surface area contributed by atoms with E-state index in [9.17, 15) is 0 Å². The van der Waals surface area contributed by atoms with Crippen LogP contribution in [0.3, 0.4) is 0 Å². The molecule has 1 nitrogen and oxygen atoms in total. The van der Waals surface area contributed by atoms with Crippen molar-refractivity contribution >= 4 is 0 Å². The molecule has 0 spiro atoms. The summed E-state index contributed by atoms with van der Waals surface area (Å²) in [4.78, 5) is 2.69. The molecule has 2 saturated heterocycles. The lowest BCUT2D eigenvalue weighted by Crippen LogP contribution is -2.64. The summed E-state index contributed by atoms with van der Waals surface area (Å²) in [6.45, 7) is 8.43. The van der Waals surface area contributed by atoms with Gasteiger partial charge in [-0.1, -0.05) is 20.8 Å². The van der Waals surface area contributed by atoms with Gasteiger partial charge in [0.05, 0.1) is 0 Å². The predicted octanol–water partition coefficient (Wildman–Crippen LogP) is 2.66. The number of hydrogen-bond acceptors (Lipinski definition) is 1. The van der Waals surface area contributed by atoms with E-state index in [1.54, 1.807) is 0 Å². The van der Waals surface area contributed by atoms with Gasteiger partial charge in [0.25, 0.3) is 0 Å². The molecule has 12 heavy (non-hydrogen) atoms. The smallest absolute Gasteiger partial charge is 0.0125 e. The highest BCUT2D eigenvalue weighted by molar-refractivity contribution is 4.99. The molecule has 0 aliphatic carbocycles. The van der Waals surface area contributed by atoms with Crippen molar-refractivity contribution in [3.05, 3.63) is 0 Å².